The maximum atomic E-state index is 13.2. The van der Waals surface area contributed by atoms with Crippen LogP contribution in [0.2, 0.25) is 0 Å². The molecule has 2 aromatic heterocycles. The largest absolute Gasteiger partial charge is 0.293 e. The van der Waals surface area contributed by atoms with Crippen LogP contribution in [0.5, 0.6) is 0 Å². The highest BCUT2D eigenvalue weighted by Gasteiger charge is 2.12. The first kappa shape index (κ1) is 20.6. The maximum Gasteiger partial charge on any atom is 0.209 e. The van der Waals surface area contributed by atoms with E-state index in [1.807, 2.05) is 19.1 Å². The van der Waals surface area contributed by atoms with Crippen LogP contribution in [0.15, 0.2) is 83.0 Å². The molecule has 0 saturated heterocycles. The summed E-state index contributed by atoms with van der Waals surface area (Å²) < 4.78 is 14.7. The maximum absolute atomic E-state index is 13.2. The minimum absolute atomic E-state index is 0.0319. The highest BCUT2D eigenvalue weighted by Crippen LogP contribution is 2.19. The zero-order valence-corrected chi connectivity index (χ0v) is 17.3. The van der Waals surface area contributed by atoms with Crippen LogP contribution >= 0.6 is 11.8 Å². The Hall–Kier alpha value is -3.65. The molecule has 0 saturated carbocycles. The van der Waals surface area contributed by atoms with Gasteiger partial charge >= 0.3 is 0 Å². The minimum atomic E-state index is -0.359. The van der Waals surface area contributed by atoms with E-state index in [4.69, 9.17) is 0 Å². The molecule has 0 aliphatic heterocycles. The van der Waals surface area contributed by atoms with Gasteiger partial charge in [-0.15, -0.1) is 0 Å². The van der Waals surface area contributed by atoms with E-state index >= 15 is 0 Å². The first-order chi connectivity index (χ1) is 15.0. The van der Waals surface area contributed by atoms with Gasteiger partial charge in [0.15, 0.2) is 16.6 Å². The third-order valence-corrected chi connectivity index (χ3v) is 5.34. The summed E-state index contributed by atoms with van der Waals surface area (Å²) in [5.41, 5.74) is 2.50. The molecule has 6 nitrogen and oxygen atoms in total. The molecule has 0 fully saturated rings. The Morgan fingerprint density at radius 1 is 1.03 bits per heavy atom. The number of carbonyl (C=O) groups excluding carboxylic acids is 1. The number of ketones is 1. The fraction of sp³-hybridized carbons (Fsp3) is 0.0870. The number of aromatic nitrogens is 4. The van der Waals surface area contributed by atoms with Crippen LogP contribution in [-0.2, 0) is 0 Å². The van der Waals surface area contributed by atoms with Gasteiger partial charge in [-0.2, -0.15) is 5.10 Å². The van der Waals surface area contributed by atoms with Gasteiger partial charge in [-0.05, 0) is 37.3 Å². The fourth-order valence-corrected chi connectivity index (χ4v) is 3.54. The normalized spacial score (nSPS) is 10.8. The fourth-order valence-electron chi connectivity index (χ4n) is 2.82. The Bertz CT molecular complexity index is 1290. The van der Waals surface area contributed by atoms with Gasteiger partial charge in [0, 0.05) is 24.0 Å². The predicted octanol–water partition coefficient (Wildman–Crippen LogP) is 4.11. The SMILES string of the molecule is Cc1ccc(C(=O)CSc2nccc(-c3nn(-c4ccc(F)cc4)ccc3=O)n2)cc1. The molecule has 0 N–H and O–H groups in total. The van der Waals surface area contributed by atoms with Crippen molar-refractivity contribution in [2.75, 3.05) is 5.75 Å². The number of rotatable bonds is 6. The molecule has 0 aliphatic carbocycles. The monoisotopic (exact) mass is 432 g/mol. The third kappa shape index (κ3) is 4.92. The smallest absolute Gasteiger partial charge is 0.209 e. The Morgan fingerprint density at radius 2 is 1.77 bits per heavy atom. The summed E-state index contributed by atoms with van der Waals surface area (Å²) in [5.74, 6) is -0.215. The molecule has 154 valence electrons. The quantitative estimate of drug-likeness (QED) is 0.259. The van der Waals surface area contributed by atoms with Crippen molar-refractivity contribution >= 4 is 17.5 Å². The van der Waals surface area contributed by atoms with Crippen LogP contribution in [0.3, 0.4) is 0 Å². The predicted molar refractivity (Wildman–Crippen MR) is 117 cm³/mol. The van der Waals surface area contributed by atoms with Crippen molar-refractivity contribution in [3.05, 3.63) is 100 Å². The van der Waals surface area contributed by atoms with Gasteiger partial charge in [0.05, 0.1) is 17.1 Å². The van der Waals surface area contributed by atoms with Crippen LogP contribution < -0.4 is 5.43 Å². The molecule has 0 bridgehead atoms. The lowest BCUT2D eigenvalue weighted by atomic mass is 10.1. The zero-order chi connectivity index (χ0) is 21.8. The van der Waals surface area contributed by atoms with Crippen molar-refractivity contribution in [2.24, 2.45) is 0 Å². The highest BCUT2D eigenvalue weighted by atomic mass is 32.2. The summed E-state index contributed by atoms with van der Waals surface area (Å²) in [4.78, 5) is 33.4. The second-order valence-electron chi connectivity index (χ2n) is 6.75. The summed E-state index contributed by atoms with van der Waals surface area (Å²) in [7, 11) is 0. The molecule has 31 heavy (non-hydrogen) atoms. The van der Waals surface area contributed by atoms with Gasteiger partial charge in [0.1, 0.15) is 5.82 Å². The standard InChI is InChI=1S/C23H17FN4O2S/c1-15-2-4-16(5-3-15)21(30)14-31-23-25-12-10-19(26-23)22-20(29)11-13-28(27-22)18-8-6-17(24)7-9-18/h2-13H,14H2,1H3. The van der Waals surface area contributed by atoms with Crippen molar-refractivity contribution in [3.63, 3.8) is 0 Å². The topological polar surface area (TPSA) is 77.7 Å². The number of hydrogen-bond acceptors (Lipinski definition) is 6. The van der Waals surface area contributed by atoms with E-state index in [0.29, 0.717) is 22.1 Å². The molecule has 0 radical (unpaired) electrons. The molecular weight excluding hydrogens is 415 g/mol. The first-order valence-corrected chi connectivity index (χ1v) is 10.4. The highest BCUT2D eigenvalue weighted by molar-refractivity contribution is 7.99. The summed E-state index contributed by atoms with van der Waals surface area (Å²) >= 11 is 1.19. The molecule has 0 unspecified atom stereocenters. The molecule has 2 aromatic carbocycles. The van der Waals surface area contributed by atoms with Gasteiger partial charge in [0.2, 0.25) is 5.43 Å². The average Bonchev–Trinajstić information content (AvgIpc) is 2.79. The van der Waals surface area contributed by atoms with Crippen molar-refractivity contribution < 1.29 is 9.18 Å². The Balaban J connectivity index is 1.56. The molecular formula is C23H17FN4O2S. The van der Waals surface area contributed by atoms with Crippen LogP contribution in [0.25, 0.3) is 17.1 Å². The van der Waals surface area contributed by atoms with E-state index in [9.17, 15) is 14.0 Å². The van der Waals surface area contributed by atoms with Gasteiger partial charge in [0.25, 0.3) is 0 Å². The van der Waals surface area contributed by atoms with E-state index < -0.39 is 0 Å². The second kappa shape index (κ2) is 9.01. The number of nitrogens with zero attached hydrogens (tertiary/aromatic N) is 4. The lowest BCUT2D eigenvalue weighted by Gasteiger charge is -2.08. The molecule has 4 aromatic rings. The third-order valence-electron chi connectivity index (χ3n) is 4.48. The van der Waals surface area contributed by atoms with E-state index in [-0.39, 0.29) is 28.5 Å². The average molecular weight is 432 g/mol. The summed E-state index contributed by atoms with van der Waals surface area (Å²) in [5, 5.41) is 4.72. The number of benzene rings is 2. The van der Waals surface area contributed by atoms with Crippen molar-refractivity contribution in [2.45, 2.75) is 12.1 Å². The molecule has 0 amide bonds. The number of carbonyl (C=O) groups is 1. The van der Waals surface area contributed by atoms with Crippen LogP contribution in [0, 0.1) is 12.7 Å². The number of Topliss-reactive ketones (excluding diaryl/α,β-unsaturated/α-hetero) is 1. The minimum Gasteiger partial charge on any atom is -0.293 e. The number of thioether (sulfide) groups is 1. The van der Waals surface area contributed by atoms with Gasteiger partial charge in [-0.3, -0.25) is 9.59 Å². The zero-order valence-electron chi connectivity index (χ0n) is 16.5. The van der Waals surface area contributed by atoms with E-state index in [1.165, 1.54) is 47.0 Å². The number of aryl methyl sites for hydroxylation is 1. The first-order valence-electron chi connectivity index (χ1n) is 9.41. The van der Waals surface area contributed by atoms with Crippen LogP contribution in [0.4, 0.5) is 4.39 Å². The van der Waals surface area contributed by atoms with E-state index in [2.05, 4.69) is 15.1 Å². The van der Waals surface area contributed by atoms with Crippen molar-refractivity contribution in [1.29, 1.82) is 0 Å². The summed E-state index contributed by atoms with van der Waals surface area (Å²) in [6, 6.07) is 16.1. The molecule has 0 spiro atoms. The molecule has 8 heteroatoms. The van der Waals surface area contributed by atoms with E-state index in [1.54, 1.807) is 30.3 Å². The second-order valence-corrected chi connectivity index (χ2v) is 7.69. The van der Waals surface area contributed by atoms with Crippen LogP contribution in [-0.4, -0.2) is 31.3 Å². The van der Waals surface area contributed by atoms with Gasteiger partial charge in [-0.1, -0.05) is 41.6 Å². The van der Waals surface area contributed by atoms with Gasteiger partial charge in [-0.25, -0.2) is 19.0 Å². The lowest BCUT2D eigenvalue weighted by molar-refractivity contribution is 0.102. The van der Waals surface area contributed by atoms with E-state index in [0.717, 1.165) is 5.56 Å². The van der Waals surface area contributed by atoms with Crippen molar-refractivity contribution in [3.8, 4) is 17.1 Å². The van der Waals surface area contributed by atoms with Gasteiger partial charge < -0.3 is 0 Å². The molecule has 4 rings (SSSR count). The Kier molecular flexibility index (Phi) is 5.99. The molecule has 0 aliphatic rings. The molecule has 0 atom stereocenters. The Labute approximate surface area is 181 Å². The lowest BCUT2D eigenvalue weighted by Crippen LogP contribution is -2.13. The Morgan fingerprint density at radius 3 is 2.52 bits per heavy atom. The van der Waals surface area contributed by atoms with Crippen molar-refractivity contribution in [1.82, 2.24) is 19.7 Å². The number of halogens is 1. The number of hydrogen-bond donors (Lipinski definition) is 0. The van der Waals surface area contributed by atoms with Crippen LogP contribution in [0.1, 0.15) is 15.9 Å². The molecule has 2 heterocycles. The summed E-state index contributed by atoms with van der Waals surface area (Å²) in [6.45, 7) is 1.96. The summed E-state index contributed by atoms with van der Waals surface area (Å²) in [6.07, 6.45) is 3.04.